The van der Waals surface area contributed by atoms with E-state index in [2.05, 4.69) is 26.1 Å². The van der Waals surface area contributed by atoms with Gasteiger partial charge in [-0.3, -0.25) is 15.0 Å². The smallest absolute Gasteiger partial charge is 0.270 e. The molecule has 0 aliphatic carbocycles. The molecule has 1 fully saturated rings. The first-order valence-electron chi connectivity index (χ1n) is 5.41. The highest BCUT2D eigenvalue weighted by Gasteiger charge is 2.21. The Bertz CT molecular complexity index is 435. The normalized spacial score (nSPS) is 15.9. The molecule has 0 bridgehead atoms. The minimum absolute atomic E-state index is 0.134. The molecule has 2 rings (SSSR count). The maximum atomic E-state index is 10.8. The van der Waals surface area contributed by atoms with Crippen LogP contribution in [-0.4, -0.2) is 36.0 Å². The average molecular weight is 300 g/mol. The first-order valence-corrected chi connectivity index (χ1v) is 6.20. The lowest BCUT2D eigenvalue weighted by molar-refractivity contribution is -0.385. The first-order chi connectivity index (χ1) is 8.06. The molecular weight excluding hydrogens is 286 g/mol. The molecule has 92 valence electrons. The van der Waals surface area contributed by atoms with Gasteiger partial charge in [0.25, 0.3) is 5.69 Å². The summed E-state index contributed by atoms with van der Waals surface area (Å²) in [5.41, 5.74) is 1.09. The van der Waals surface area contributed by atoms with Gasteiger partial charge in [-0.1, -0.05) is 15.9 Å². The second kappa shape index (κ2) is 5.12. The highest BCUT2D eigenvalue weighted by Crippen LogP contribution is 2.22. The van der Waals surface area contributed by atoms with E-state index >= 15 is 0 Å². The van der Waals surface area contributed by atoms with Gasteiger partial charge >= 0.3 is 0 Å². The number of hydrogen-bond donors (Lipinski definition) is 1. The van der Waals surface area contributed by atoms with Gasteiger partial charge in [0.1, 0.15) is 0 Å². The van der Waals surface area contributed by atoms with Crippen LogP contribution in [0.1, 0.15) is 5.56 Å². The van der Waals surface area contributed by atoms with E-state index in [0.717, 1.165) is 29.7 Å². The van der Waals surface area contributed by atoms with Crippen LogP contribution >= 0.6 is 15.9 Å². The fraction of sp³-hybridized carbons (Fsp3) is 0.455. The molecule has 0 spiro atoms. The molecule has 0 atom stereocenters. The van der Waals surface area contributed by atoms with Crippen LogP contribution < -0.4 is 5.32 Å². The number of halogens is 1. The number of non-ortho nitro benzene ring substituents is 1. The second-order valence-corrected chi connectivity index (χ2v) is 5.22. The molecule has 1 N–H and O–H groups in total. The standard InChI is InChI=1S/C11H14BrN3O2/c1-14(11-5-13-6-11)7-8-2-9(12)4-10(3-8)15(16)17/h2-4,11,13H,5-7H2,1H3. The van der Waals surface area contributed by atoms with Crippen LogP contribution in [0.2, 0.25) is 0 Å². The first kappa shape index (κ1) is 12.5. The summed E-state index contributed by atoms with van der Waals surface area (Å²) < 4.78 is 0.752. The molecule has 5 nitrogen and oxygen atoms in total. The van der Waals surface area contributed by atoms with Crippen molar-refractivity contribution in [3.05, 3.63) is 38.3 Å². The Labute approximate surface area is 108 Å². The fourth-order valence-electron chi connectivity index (χ4n) is 1.83. The Morgan fingerprint density at radius 1 is 1.53 bits per heavy atom. The van der Waals surface area contributed by atoms with Gasteiger partial charge < -0.3 is 5.32 Å². The zero-order chi connectivity index (χ0) is 12.4. The summed E-state index contributed by atoms with van der Waals surface area (Å²) in [7, 11) is 2.04. The van der Waals surface area contributed by atoms with Gasteiger partial charge in [0.05, 0.1) is 4.92 Å². The molecule has 1 aliphatic heterocycles. The number of rotatable bonds is 4. The van der Waals surface area contributed by atoms with Gasteiger partial charge in [-0.2, -0.15) is 0 Å². The molecule has 17 heavy (non-hydrogen) atoms. The van der Waals surface area contributed by atoms with E-state index in [1.54, 1.807) is 6.07 Å². The van der Waals surface area contributed by atoms with Crippen LogP contribution in [0.25, 0.3) is 0 Å². The van der Waals surface area contributed by atoms with Crippen molar-refractivity contribution in [1.82, 2.24) is 10.2 Å². The summed E-state index contributed by atoms with van der Waals surface area (Å²) in [6.07, 6.45) is 0. The Kier molecular flexibility index (Phi) is 3.76. The number of nitro benzene ring substituents is 1. The maximum Gasteiger partial charge on any atom is 0.270 e. The Hall–Kier alpha value is -0.980. The van der Waals surface area contributed by atoms with E-state index in [1.807, 2.05) is 13.1 Å². The van der Waals surface area contributed by atoms with E-state index in [1.165, 1.54) is 6.07 Å². The Morgan fingerprint density at radius 2 is 2.24 bits per heavy atom. The highest BCUT2D eigenvalue weighted by molar-refractivity contribution is 9.10. The summed E-state index contributed by atoms with van der Waals surface area (Å²) in [5.74, 6) is 0. The van der Waals surface area contributed by atoms with Crippen molar-refractivity contribution in [3.63, 3.8) is 0 Å². The summed E-state index contributed by atoms with van der Waals surface area (Å²) >= 11 is 3.30. The lowest BCUT2D eigenvalue weighted by atomic mass is 10.1. The third-order valence-corrected chi connectivity index (χ3v) is 3.43. The number of nitrogens with zero attached hydrogens (tertiary/aromatic N) is 2. The molecule has 0 aromatic heterocycles. The van der Waals surface area contributed by atoms with Crippen molar-refractivity contribution < 1.29 is 4.92 Å². The number of nitrogens with one attached hydrogen (secondary N) is 1. The topological polar surface area (TPSA) is 58.4 Å². The van der Waals surface area contributed by atoms with Crippen LogP contribution in [-0.2, 0) is 6.54 Å². The van der Waals surface area contributed by atoms with Gasteiger partial charge in [-0.15, -0.1) is 0 Å². The molecule has 1 aliphatic rings. The molecule has 1 saturated heterocycles. The third-order valence-electron chi connectivity index (χ3n) is 2.97. The van der Waals surface area contributed by atoms with Crippen LogP contribution in [0.15, 0.2) is 22.7 Å². The van der Waals surface area contributed by atoms with Gasteiger partial charge in [0.15, 0.2) is 0 Å². The lowest BCUT2D eigenvalue weighted by Gasteiger charge is -2.35. The number of benzene rings is 1. The van der Waals surface area contributed by atoms with Crippen molar-refractivity contribution in [1.29, 1.82) is 0 Å². The second-order valence-electron chi connectivity index (χ2n) is 4.30. The van der Waals surface area contributed by atoms with E-state index in [9.17, 15) is 10.1 Å². The Balaban J connectivity index is 2.11. The predicted molar refractivity (Wildman–Crippen MR) is 68.9 cm³/mol. The molecule has 1 aromatic carbocycles. The SMILES string of the molecule is CN(Cc1cc(Br)cc([N+](=O)[O-])c1)C1CNC1. The number of nitro groups is 1. The van der Waals surface area contributed by atoms with E-state index in [-0.39, 0.29) is 10.6 Å². The molecule has 0 unspecified atom stereocenters. The minimum Gasteiger partial charge on any atom is -0.314 e. The molecule has 1 aromatic rings. The van der Waals surface area contributed by atoms with Crippen molar-refractivity contribution >= 4 is 21.6 Å². The number of likely N-dealkylation sites (N-methyl/N-ethyl adjacent to an activating group) is 1. The summed E-state index contributed by atoms with van der Waals surface area (Å²) in [6, 6.07) is 5.62. The highest BCUT2D eigenvalue weighted by atomic mass is 79.9. The lowest BCUT2D eigenvalue weighted by Crippen LogP contribution is -2.55. The Morgan fingerprint density at radius 3 is 2.76 bits per heavy atom. The van der Waals surface area contributed by atoms with E-state index in [4.69, 9.17) is 0 Å². The third kappa shape index (κ3) is 3.02. The predicted octanol–water partition coefficient (Wildman–Crippen LogP) is 1.76. The van der Waals surface area contributed by atoms with Crippen molar-refractivity contribution in [2.75, 3.05) is 20.1 Å². The molecule has 0 radical (unpaired) electrons. The quantitative estimate of drug-likeness (QED) is 0.680. The summed E-state index contributed by atoms with van der Waals surface area (Å²) in [6.45, 7) is 2.71. The van der Waals surface area contributed by atoms with Crippen LogP contribution in [0.5, 0.6) is 0 Å². The van der Waals surface area contributed by atoms with Gasteiger partial charge in [-0.25, -0.2) is 0 Å². The van der Waals surface area contributed by atoms with E-state index < -0.39 is 0 Å². The van der Waals surface area contributed by atoms with Crippen LogP contribution in [0, 0.1) is 10.1 Å². The molecule has 6 heteroatoms. The molecule has 1 heterocycles. The molecule has 0 saturated carbocycles. The zero-order valence-corrected chi connectivity index (χ0v) is 11.1. The molecular formula is C11H14BrN3O2. The van der Waals surface area contributed by atoms with E-state index in [0.29, 0.717) is 6.04 Å². The zero-order valence-electron chi connectivity index (χ0n) is 9.52. The van der Waals surface area contributed by atoms with Gasteiger partial charge in [0, 0.05) is 42.3 Å². The van der Waals surface area contributed by atoms with Crippen molar-refractivity contribution in [2.45, 2.75) is 12.6 Å². The monoisotopic (exact) mass is 299 g/mol. The summed E-state index contributed by atoms with van der Waals surface area (Å²) in [5, 5.41) is 14.0. The largest absolute Gasteiger partial charge is 0.314 e. The minimum atomic E-state index is -0.362. The molecule has 0 amide bonds. The van der Waals surface area contributed by atoms with Crippen LogP contribution in [0.3, 0.4) is 0 Å². The van der Waals surface area contributed by atoms with Crippen molar-refractivity contribution in [2.24, 2.45) is 0 Å². The maximum absolute atomic E-state index is 10.8. The number of hydrogen-bond acceptors (Lipinski definition) is 4. The van der Waals surface area contributed by atoms with Gasteiger partial charge in [0.2, 0.25) is 0 Å². The van der Waals surface area contributed by atoms with Crippen LogP contribution in [0.4, 0.5) is 5.69 Å². The van der Waals surface area contributed by atoms with Crippen molar-refractivity contribution in [3.8, 4) is 0 Å². The average Bonchev–Trinajstić information content (AvgIpc) is 2.13. The van der Waals surface area contributed by atoms with Gasteiger partial charge in [-0.05, 0) is 18.7 Å². The summed E-state index contributed by atoms with van der Waals surface area (Å²) in [4.78, 5) is 12.6. The fourth-order valence-corrected chi connectivity index (χ4v) is 2.36.